The molecule has 0 unspecified atom stereocenters. The number of sulfonamides is 1. The van der Waals surface area contributed by atoms with Crippen LogP contribution in [0.2, 0.25) is 0 Å². The smallest absolute Gasteiger partial charge is 0.241 e. The molecule has 1 aliphatic heterocycles. The van der Waals surface area contributed by atoms with Gasteiger partial charge in [0, 0.05) is 0 Å². The number of nitrogens with zero attached hydrogens (tertiary/aromatic N) is 3. The van der Waals surface area contributed by atoms with E-state index < -0.39 is 15.3 Å². The fraction of sp³-hybridized carbons (Fsp3) is 0.500. The molecule has 1 saturated heterocycles. The van der Waals surface area contributed by atoms with Gasteiger partial charge in [0.25, 0.3) is 0 Å². The Labute approximate surface area is 122 Å². The van der Waals surface area contributed by atoms with E-state index in [9.17, 15) is 8.42 Å². The van der Waals surface area contributed by atoms with Crippen LogP contribution in [-0.4, -0.2) is 41.8 Å². The molecule has 8 nitrogen and oxygen atoms in total. The molecule has 2 aromatic heterocycles. The summed E-state index contributed by atoms with van der Waals surface area (Å²) in [6, 6.07) is 3.51. The molecular weight excluding hydrogens is 296 g/mol. The predicted octanol–water partition coefficient (Wildman–Crippen LogP) is 0.583. The maximum absolute atomic E-state index is 11.3. The predicted molar refractivity (Wildman–Crippen MR) is 73.4 cm³/mol. The van der Waals surface area contributed by atoms with E-state index in [1.807, 2.05) is 0 Å². The zero-order valence-electron chi connectivity index (χ0n) is 11.3. The van der Waals surface area contributed by atoms with Gasteiger partial charge < -0.3 is 8.94 Å². The molecule has 0 bridgehead atoms. The molecule has 3 rings (SSSR count). The highest BCUT2D eigenvalue weighted by Gasteiger charge is 2.28. The number of piperidine rings is 1. The minimum atomic E-state index is -3.44. The van der Waals surface area contributed by atoms with Gasteiger partial charge in [0.05, 0.1) is 18.1 Å². The normalized spacial score (nSPS) is 18.1. The molecule has 0 saturated carbocycles. The first kappa shape index (κ1) is 14.2. The molecule has 9 heteroatoms. The Morgan fingerprint density at radius 3 is 2.76 bits per heavy atom. The molecule has 0 radical (unpaired) electrons. The number of furan rings is 1. The summed E-state index contributed by atoms with van der Waals surface area (Å²) in [4.78, 5) is 6.33. The number of likely N-dealkylation sites (tertiary alicyclic amines) is 1. The zero-order chi connectivity index (χ0) is 14.9. The molecule has 1 fully saturated rings. The van der Waals surface area contributed by atoms with Crippen molar-refractivity contribution in [3.63, 3.8) is 0 Å². The Bertz CT molecular complexity index is 687. The third kappa shape index (κ3) is 3.31. The van der Waals surface area contributed by atoms with Crippen LogP contribution in [0.3, 0.4) is 0 Å². The van der Waals surface area contributed by atoms with Crippen LogP contribution >= 0.6 is 0 Å². The second kappa shape index (κ2) is 5.58. The van der Waals surface area contributed by atoms with Gasteiger partial charge in [-0.1, -0.05) is 5.16 Å². The lowest BCUT2D eigenvalue weighted by Gasteiger charge is -2.29. The van der Waals surface area contributed by atoms with Crippen molar-refractivity contribution >= 4 is 10.0 Å². The summed E-state index contributed by atoms with van der Waals surface area (Å²) in [5, 5.41) is 8.58. The van der Waals surface area contributed by atoms with Crippen molar-refractivity contribution in [2.75, 3.05) is 13.1 Å². The van der Waals surface area contributed by atoms with Crippen LogP contribution in [0.25, 0.3) is 11.6 Å². The van der Waals surface area contributed by atoms with Crippen molar-refractivity contribution in [2.45, 2.75) is 24.6 Å². The molecule has 0 amide bonds. The standard InChI is InChI=1S/C12H16N4O4S/c13-21(17,18)9-3-5-16(6-4-9)8-11-14-12(15-20-11)10-2-1-7-19-10/h1-2,7,9H,3-6,8H2,(H2,13,17,18). The van der Waals surface area contributed by atoms with E-state index in [-0.39, 0.29) is 0 Å². The molecular formula is C12H16N4O4S. The summed E-state index contributed by atoms with van der Waals surface area (Å²) in [7, 11) is -3.44. The number of hydrogen-bond donors (Lipinski definition) is 1. The second-order valence-corrected chi connectivity index (χ2v) is 6.90. The Kier molecular flexibility index (Phi) is 3.79. The van der Waals surface area contributed by atoms with Crippen LogP contribution in [0.15, 0.2) is 27.3 Å². The zero-order valence-corrected chi connectivity index (χ0v) is 12.1. The summed E-state index contributed by atoms with van der Waals surface area (Å²) in [5.74, 6) is 1.45. The Balaban J connectivity index is 1.59. The highest BCUT2D eigenvalue weighted by atomic mass is 32.2. The van der Waals surface area contributed by atoms with Gasteiger partial charge in [0.15, 0.2) is 5.76 Å². The summed E-state index contributed by atoms with van der Waals surface area (Å²) in [6.07, 6.45) is 2.60. The first-order chi connectivity index (χ1) is 10.0. The van der Waals surface area contributed by atoms with Crippen LogP contribution in [0.1, 0.15) is 18.7 Å². The third-order valence-corrected chi connectivity index (χ3v) is 4.97. The lowest BCUT2D eigenvalue weighted by molar-refractivity contribution is 0.194. The summed E-state index contributed by atoms with van der Waals surface area (Å²) < 4.78 is 33.0. The summed E-state index contributed by atoms with van der Waals surface area (Å²) in [5.41, 5.74) is 0. The lowest BCUT2D eigenvalue weighted by Crippen LogP contribution is -2.41. The number of hydrogen-bond acceptors (Lipinski definition) is 7. The monoisotopic (exact) mass is 312 g/mol. The first-order valence-corrected chi connectivity index (χ1v) is 8.24. The van der Waals surface area contributed by atoms with Crippen molar-refractivity contribution in [3.05, 3.63) is 24.3 Å². The first-order valence-electron chi connectivity index (χ1n) is 6.63. The molecule has 0 spiro atoms. The topological polar surface area (TPSA) is 115 Å². The minimum absolute atomic E-state index is 0.412. The number of nitrogens with two attached hydrogens (primary N) is 1. The van der Waals surface area contributed by atoms with Crippen LogP contribution in [0, 0.1) is 0 Å². The summed E-state index contributed by atoms with van der Waals surface area (Å²) in [6.45, 7) is 1.77. The van der Waals surface area contributed by atoms with Gasteiger partial charge >= 0.3 is 0 Å². The molecule has 0 aliphatic carbocycles. The number of rotatable bonds is 4. The van der Waals surface area contributed by atoms with E-state index in [2.05, 4.69) is 15.0 Å². The van der Waals surface area contributed by atoms with E-state index >= 15 is 0 Å². The Morgan fingerprint density at radius 1 is 1.38 bits per heavy atom. The molecule has 21 heavy (non-hydrogen) atoms. The molecule has 3 heterocycles. The third-order valence-electron chi connectivity index (χ3n) is 3.57. The van der Waals surface area contributed by atoms with Gasteiger partial charge in [-0.05, 0) is 38.1 Å². The highest BCUT2D eigenvalue weighted by molar-refractivity contribution is 7.89. The van der Waals surface area contributed by atoms with Gasteiger partial charge in [-0.3, -0.25) is 4.90 Å². The molecule has 2 N–H and O–H groups in total. The van der Waals surface area contributed by atoms with Crippen LogP contribution < -0.4 is 5.14 Å². The fourth-order valence-corrected chi connectivity index (χ4v) is 3.28. The van der Waals surface area contributed by atoms with Crippen molar-refractivity contribution < 1.29 is 17.4 Å². The van der Waals surface area contributed by atoms with Gasteiger partial charge in [-0.25, -0.2) is 13.6 Å². The average Bonchev–Trinajstić information content (AvgIpc) is 3.08. The van der Waals surface area contributed by atoms with Crippen molar-refractivity contribution in [3.8, 4) is 11.6 Å². The highest BCUT2D eigenvalue weighted by Crippen LogP contribution is 2.19. The lowest BCUT2D eigenvalue weighted by atomic mass is 10.1. The molecule has 0 aromatic carbocycles. The number of aromatic nitrogens is 2. The summed E-state index contributed by atoms with van der Waals surface area (Å²) >= 11 is 0. The Hall–Kier alpha value is -1.71. The van der Waals surface area contributed by atoms with E-state index in [4.69, 9.17) is 14.1 Å². The maximum Gasteiger partial charge on any atom is 0.241 e. The molecule has 1 aliphatic rings. The molecule has 2 aromatic rings. The van der Waals surface area contributed by atoms with E-state index in [1.54, 1.807) is 18.4 Å². The minimum Gasteiger partial charge on any atom is -0.461 e. The van der Waals surface area contributed by atoms with E-state index in [0.29, 0.717) is 50.0 Å². The van der Waals surface area contributed by atoms with Crippen LogP contribution in [0.5, 0.6) is 0 Å². The fourth-order valence-electron chi connectivity index (χ4n) is 2.41. The average molecular weight is 312 g/mol. The molecule has 114 valence electrons. The van der Waals surface area contributed by atoms with Gasteiger partial charge in [0.2, 0.25) is 21.7 Å². The van der Waals surface area contributed by atoms with Crippen molar-refractivity contribution in [1.29, 1.82) is 0 Å². The van der Waals surface area contributed by atoms with E-state index in [1.165, 1.54) is 0 Å². The van der Waals surface area contributed by atoms with Gasteiger partial charge in [-0.15, -0.1) is 0 Å². The second-order valence-electron chi connectivity index (χ2n) is 5.05. The SMILES string of the molecule is NS(=O)(=O)C1CCN(Cc2nc(-c3ccco3)no2)CC1. The van der Waals surface area contributed by atoms with Gasteiger partial charge in [0.1, 0.15) is 0 Å². The maximum atomic E-state index is 11.3. The quantitative estimate of drug-likeness (QED) is 0.878. The van der Waals surface area contributed by atoms with Crippen LogP contribution in [0.4, 0.5) is 0 Å². The largest absolute Gasteiger partial charge is 0.461 e. The Morgan fingerprint density at radius 2 is 2.14 bits per heavy atom. The van der Waals surface area contributed by atoms with E-state index in [0.717, 1.165) is 0 Å². The number of primary sulfonamides is 1. The molecule has 0 atom stereocenters. The van der Waals surface area contributed by atoms with Gasteiger partial charge in [-0.2, -0.15) is 4.98 Å². The van der Waals surface area contributed by atoms with Crippen molar-refractivity contribution in [1.82, 2.24) is 15.0 Å². The van der Waals surface area contributed by atoms with Crippen molar-refractivity contribution in [2.24, 2.45) is 5.14 Å². The van der Waals surface area contributed by atoms with Crippen LogP contribution in [-0.2, 0) is 16.6 Å².